The van der Waals surface area contributed by atoms with Crippen molar-refractivity contribution < 1.29 is 23.4 Å². The molecule has 1 fully saturated rings. The molecule has 1 aliphatic heterocycles. The maximum absolute atomic E-state index is 14.0. The Morgan fingerprint density at radius 2 is 1.76 bits per heavy atom. The molecule has 0 saturated carbocycles. The van der Waals surface area contributed by atoms with Gasteiger partial charge in [-0.1, -0.05) is 12.8 Å². The van der Waals surface area contributed by atoms with Crippen molar-refractivity contribution in [2.75, 3.05) is 52.5 Å². The van der Waals surface area contributed by atoms with Crippen LogP contribution < -0.4 is 14.4 Å². The number of fused-ring (bicyclic) bond motifs is 1. The van der Waals surface area contributed by atoms with Crippen molar-refractivity contribution in [2.45, 2.75) is 38.6 Å². The highest BCUT2D eigenvalue weighted by Gasteiger charge is 2.22. The zero-order valence-corrected chi connectivity index (χ0v) is 22.0. The average molecular weight is 510 g/mol. The number of carbonyl (C=O) groups excluding carboxylic acids is 1. The molecule has 7 nitrogen and oxygen atoms in total. The maximum Gasteiger partial charge on any atom is 0.227 e. The van der Waals surface area contributed by atoms with Crippen LogP contribution in [0.5, 0.6) is 11.5 Å². The summed E-state index contributed by atoms with van der Waals surface area (Å²) in [6.45, 7) is 3.01. The topological polar surface area (TPSA) is 64.1 Å². The van der Waals surface area contributed by atoms with E-state index < -0.39 is 0 Å². The van der Waals surface area contributed by atoms with Crippen molar-refractivity contribution in [3.8, 4) is 11.5 Å². The minimum atomic E-state index is -0.307. The van der Waals surface area contributed by atoms with Gasteiger partial charge in [-0.2, -0.15) is 0 Å². The highest BCUT2D eigenvalue weighted by Crippen LogP contribution is 2.29. The van der Waals surface area contributed by atoms with E-state index in [9.17, 15) is 9.18 Å². The van der Waals surface area contributed by atoms with Crippen LogP contribution in [0, 0.1) is 5.82 Å². The Morgan fingerprint density at radius 1 is 0.973 bits per heavy atom. The second-order valence-electron chi connectivity index (χ2n) is 9.37. The number of benzene rings is 2. The molecule has 0 atom stereocenters. The van der Waals surface area contributed by atoms with Crippen LogP contribution in [0.2, 0.25) is 0 Å². The molecule has 37 heavy (non-hydrogen) atoms. The lowest BCUT2D eigenvalue weighted by Gasteiger charge is -2.28. The third-order valence-electron chi connectivity index (χ3n) is 6.85. The number of hydrogen-bond acceptors (Lipinski definition) is 6. The predicted molar refractivity (Wildman–Crippen MR) is 143 cm³/mol. The number of amides is 1. The predicted octanol–water partition coefficient (Wildman–Crippen LogP) is 4.99. The first-order valence-electron chi connectivity index (χ1n) is 12.8. The van der Waals surface area contributed by atoms with Gasteiger partial charge < -0.3 is 24.0 Å². The molecule has 1 aromatic heterocycles. The Morgan fingerprint density at radius 3 is 2.46 bits per heavy atom. The van der Waals surface area contributed by atoms with Gasteiger partial charge in [0.1, 0.15) is 23.1 Å². The molecule has 0 N–H and O–H groups in total. The molecular formula is C29H36FN3O4. The van der Waals surface area contributed by atoms with E-state index in [-0.39, 0.29) is 18.1 Å². The van der Waals surface area contributed by atoms with Crippen molar-refractivity contribution in [3.05, 3.63) is 59.4 Å². The summed E-state index contributed by atoms with van der Waals surface area (Å²) in [6, 6.07) is 12.2. The van der Waals surface area contributed by atoms with Crippen LogP contribution in [0.3, 0.4) is 0 Å². The van der Waals surface area contributed by atoms with E-state index in [4.69, 9.17) is 19.2 Å². The fourth-order valence-electron chi connectivity index (χ4n) is 4.84. The number of nitrogens with zero attached hydrogens (tertiary/aromatic N) is 3. The van der Waals surface area contributed by atoms with Gasteiger partial charge in [0.05, 0.1) is 32.8 Å². The van der Waals surface area contributed by atoms with E-state index in [1.807, 2.05) is 24.3 Å². The van der Waals surface area contributed by atoms with Crippen molar-refractivity contribution >= 4 is 22.6 Å². The molecule has 2 heterocycles. The van der Waals surface area contributed by atoms with Gasteiger partial charge in [0.25, 0.3) is 0 Å². The summed E-state index contributed by atoms with van der Waals surface area (Å²) >= 11 is 0. The molecular weight excluding hydrogens is 473 g/mol. The molecule has 198 valence electrons. The number of ether oxygens (including phenoxy) is 3. The van der Waals surface area contributed by atoms with Crippen molar-refractivity contribution in [3.63, 3.8) is 0 Å². The van der Waals surface area contributed by atoms with E-state index in [1.54, 1.807) is 32.3 Å². The second-order valence-corrected chi connectivity index (χ2v) is 9.37. The Hall–Kier alpha value is -3.39. The fraction of sp³-hybridized carbons (Fsp3) is 0.448. The highest BCUT2D eigenvalue weighted by molar-refractivity contribution is 5.83. The van der Waals surface area contributed by atoms with Crippen LogP contribution in [0.4, 0.5) is 10.2 Å². The van der Waals surface area contributed by atoms with Gasteiger partial charge >= 0.3 is 0 Å². The normalized spacial score (nSPS) is 13.9. The Bertz CT molecular complexity index is 1210. The number of anilines is 1. The van der Waals surface area contributed by atoms with Crippen LogP contribution in [0.25, 0.3) is 10.9 Å². The van der Waals surface area contributed by atoms with Gasteiger partial charge in [0.15, 0.2) is 0 Å². The van der Waals surface area contributed by atoms with Gasteiger partial charge in [-0.15, -0.1) is 0 Å². The first kappa shape index (κ1) is 26.7. The van der Waals surface area contributed by atoms with E-state index in [2.05, 4.69) is 4.90 Å². The molecule has 0 spiro atoms. The molecule has 2 aromatic carbocycles. The molecule has 8 heteroatoms. The fourth-order valence-corrected chi connectivity index (χ4v) is 4.84. The SMILES string of the molecule is COCCN(Cc1cc2ccc(F)cc2nc1N1CCCCCC1)C(=O)Cc1cc(OC)ccc1OC. The number of rotatable bonds is 10. The van der Waals surface area contributed by atoms with Crippen LogP contribution >= 0.6 is 0 Å². The zero-order valence-electron chi connectivity index (χ0n) is 22.0. The maximum atomic E-state index is 14.0. The van der Waals surface area contributed by atoms with Crippen molar-refractivity contribution in [1.29, 1.82) is 0 Å². The quantitative estimate of drug-likeness (QED) is 0.384. The lowest BCUT2D eigenvalue weighted by molar-refractivity contribution is -0.131. The second kappa shape index (κ2) is 12.7. The lowest BCUT2D eigenvalue weighted by atomic mass is 10.1. The molecule has 1 amide bonds. The first-order chi connectivity index (χ1) is 18.0. The molecule has 1 aliphatic rings. The summed E-state index contributed by atoms with van der Waals surface area (Å²) in [5, 5.41) is 0.851. The molecule has 1 saturated heterocycles. The molecule has 3 aromatic rings. The van der Waals surface area contributed by atoms with Crippen LogP contribution in [0.15, 0.2) is 42.5 Å². The minimum Gasteiger partial charge on any atom is -0.497 e. The summed E-state index contributed by atoms with van der Waals surface area (Å²) in [5.41, 5.74) is 2.33. The zero-order chi connectivity index (χ0) is 26.2. The van der Waals surface area contributed by atoms with E-state index in [0.717, 1.165) is 48.3 Å². The van der Waals surface area contributed by atoms with Crippen LogP contribution in [0.1, 0.15) is 36.8 Å². The summed E-state index contributed by atoms with van der Waals surface area (Å²) in [7, 11) is 4.82. The van der Waals surface area contributed by atoms with Gasteiger partial charge in [-0.25, -0.2) is 9.37 Å². The van der Waals surface area contributed by atoms with E-state index >= 15 is 0 Å². The number of pyridine rings is 1. The smallest absolute Gasteiger partial charge is 0.227 e. The first-order valence-corrected chi connectivity index (χ1v) is 12.8. The monoisotopic (exact) mass is 509 g/mol. The third kappa shape index (κ3) is 6.68. The lowest BCUT2D eigenvalue weighted by Crippen LogP contribution is -2.36. The third-order valence-corrected chi connectivity index (χ3v) is 6.85. The molecule has 0 unspecified atom stereocenters. The highest BCUT2D eigenvalue weighted by atomic mass is 19.1. The van der Waals surface area contributed by atoms with Crippen molar-refractivity contribution in [2.24, 2.45) is 0 Å². The molecule has 0 aliphatic carbocycles. The number of methoxy groups -OCH3 is 3. The summed E-state index contributed by atoms with van der Waals surface area (Å²) in [5.74, 6) is 1.78. The molecule has 4 rings (SSSR count). The van der Waals surface area contributed by atoms with Gasteiger partial charge in [-0.05, 0) is 49.2 Å². The minimum absolute atomic E-state index is 0.0513. The van der Waals surface area contributed by atoms with Gasteiger partial charge in [0.2, 0.25) is 5.91 Å². The number of hydrogen-bond donors (Lipinski definition) is 0. The summed E-state index contributed by atoms with van der Waals surface area (Å²) < 4.78 is 30.2. The number of halogens is 1. The summed E-state index contributed by atoms with van der Waals surface area (Å²) in [6.07, 6.45) is 4.72. The van der Waals surface area contributed by atoms with Gasteiger partial charge in [0, 0.05) is 55.9 Å². The Balaban J connectivity index is 1.68. The van der Waals surface area contributed by atoms with Gasteiger partial charge in [-0.3, -0.25) is 4.79 Å². The van der Waals surface area contributed by atoms with E-state index in [1.165, 1.54) is 25.0 Å². The van der Waals surface area contributed by atoms with Crippen LogP contribution in [-0.2, 0) is 22.5 Å². The number of carbonyl (C=O) groups is 1. The molecule has 0 radical (unpaired) electrons. The van der Waals surface area contributed by atoms with E-state index in [0.29, 0.717) is 36.7 Å². The standard InChI is InChI=1S/C29H36FN3O4/c1-35-15-14-33(28(34)18-22-17-25(36-2)10-11-27(22)37-3)20-23-16-21-8-9-24(30)19-26(21)31-29(23)32-12-6-4-5-7-13-32/h8-11,16-17,19H,4-7,12-15,18,20H2,1-3H3. The Labute approximate surface area is 218 Å². The summed E-state index contributed by atoms with van der Waals surface area (Å²) in [4.78, 5) is 22.6. The number of aromatic nitrogens is 1. The van der Waals surface area contributed by atoms with Crippen LogP contribution in [-0.4, -0.2) is 63.4 Å². The Kier molecular flexibility index (Phi) is 9.17. The largest absolute Gasteiger partial charge is 0.497 e. The average Bonchev–Trinajstić information content (AvgIpc) is 3.20. The van der Waals surface area contributed by atoms with Crippen molar-refractivity contribution in [1.82, 2.24) is 9.88 Å². The molecule has 0 bridgehead atoms.